The predicted molar refractivity (Wildman–Crippen MR) is 118 cm³/mol. The summed E-state index contributed by atoms with van der Waals surface area (Å²) in [5.41, 5.74) is 4.13. The Kier molecular flexibility index (Phi) is 6.22. The van der Waals surface area contributed by atoms with Gasteiger partial charge in [-0.3, -0.25) is 4.79 Å². The summed E-state index contributed by atoms with van der Waals surface area (Å²) < 4.78 is 1.68. The van der Waals surface area contributed by atoms with Crippen molar-refractivity contribution in [3.05, 3.63) is 65.2 Å². The van der Waals surface area contributed by atoms with Gasteiger partial charge in [-0.25, -0.2) is 0 Å². The first-order valence-electron chi connectivity index (χ1n) is 9.87. The molecule has 1 heterocycles. The zero-order valence-corrected chi connectivity index (χ0v) is 18.7. The summed E-state index contributed by atoms with van der Waals surface area (Å²) in [5.74, 6) is 0.536. The molecule has 2 aromatic carbocycles. The van der Waals surface area contributed by atoms with Gasteiger partial charge in [0.2, 0.25) is 5.16 Å². The predicted octanol–water partition coefficient (Wildman–Crippen LogP) is 5.45. The summed E-state index contributed by atoms with van der Waals surface area (Å²) >= 11 is 1.37. The number of benzene rings is 2. The van der Waals surface area contributed by atoms with Crippen molar-refractivity contribution in [1.82, 2.24) is 20.2 Å². The molecule has 1 aromatic heterocycles. The number of aromatic nitrogens is 4. The maximum absolute atomic E-state index is 12.9. The van der Waals surface area contributed by atoms with Crippen LogP contribution in [0.2, 0.25) is 0 Å². The maximum Gasteiger partial charge on any atom is 0.214 e. The quantitative estimate of drug-likeness (QED) is 0.401. The number of thioether (sulfide) groups is 1. The Hall–Kier alpha value is -2.47. The Bertz CT molecular complexity index is 969. The van der Waals surface area contributed by atoms with Crippen molar-refractivity contribution in [2.24, 2.45) is 0 Å². The van der Waals surface area contributed by atoms with E-state index in [1.165, 1.54) is 22.9 Å². The lowest BCUT2D eigenvalue weighted by Crippen LogP contribution is -2.16. The molecule has 0 bridgehead atoms. The van der Waals surface area contributed by atoms with Crippen LogP contribution in [-0.4, -0.2) is 31.2 Å². The molecule has 0 N–H and O–H groups in total. The van der Waals surface area contributed by atoms with E-state index in [1.807, 2.05) is 43.3 Å². The van der Waals surface area contributed by atoms with E-state index < -0.39 is 0 Å². The fourth-order valence-electron chi connectivity index (χ4n) is 3.00. The van der Waals surface area contributed by atoms with E-state index in [-0.39, 0.29) is 16.4 Å². The molecule has 0 aliphatic rings. The van der Waals surface area contributed by atoms with E-state index in [9.17, 15) is 4.79 Å². The van der Waals surface area contributed by atoms with Gasteiger partial charge in [-0.15, -0.1) is 5.10 Å². The van der Waals surface area contributed by atoms with E-state index in [0.29, 0.717) is 16.6 Å². The van der Waals surface area contributed by atoms with Crippen LogP contribution in [0.25, 0.3) is 5.69 Å². The van der Waals surface area contributed by atoms with Gasteiger partial charge in [-0.05, 0) is 51.9 Å². The number of carbonyl (C=O) groups excluding carboxylic acids is 1. The summed E-state index contributed by atoms with van der Waals surface area (Å²) in [4.78, 5) is 12.9. The lowest BCUT2D eigenvalue weighted by atomic mass is 9.86. The summed E-state index contributed by atoms with van der Waals surface area (Å²) in [7, 11) is 0. The molecular formula is C23H28N4OS. The molecule has 0 fully saturated rings. The minimum Gasteiger partial charge on any atom is -0.293 e. The average molecular weight is 409 g/mol. The Morgan fingerprint density at radius 3 is 2.14 bits per heavy atom. The van der Waals surface area contributed by atoms with Crippen LogP contribution in [0.15, 0.2) is 53.7 Å². The number of tetrazole rings is 1. The number of hydrogen-bond donors (Lipinski definition) is 0. The van der Waals surface area contributed by atoms with E-state index in [1.54, 1.807) is 4.68 Å². The molecular weight excluding hydrogens is 380 g/mol. The third kappa shape index (κ3) is 4.93. The highest BCUT2D eigenvalue weighted by atomic mass is 32.2. The minimum atomic E-state index is -0.296. The molecule has 3 rings (SSSR count). The number of ketones is 1. The highest BCUT2D eigenvalue weighted by Gasteiger charge is 2.21. The molecule has 1 atom stereocenters. The first-order valence-corrected chi connectivity index (χ1v) is 10.7. The molecule has 29 heavy (non-hydrogen) atoms. The third-order valence-corrected chi connectivity index (χ3v) is 5.97. The molecule has 152 valence electrons. The normalized spacial score (nSPS) is 12.9. The van der Waals surface area contributed by atoms with Crippen LogP contribution < -0.4 is 0 Å². The molecule has 0 aliphatic heterocycles. The second-order valence-electron chi connectivity index (χ2n) is 8.57. The summed E-state index contributed by atoms with van der Waals surface area (Å²) in [6.07, 6.45) is 0. The van der Waals surface area contributed by atoms with Crippen molar-refractivity contribution in [1.29, 1.82) is 0 Å². The van der Waals surface area contributed by atoms with Crippen molar-refractivity contribution in [3.63, 3.8) is 0 Å². The number of carbonyl (C=O) groups is 1. The molecule has 0 aliphatic carbocycles. The van der Waals surface area contributed by atoms with Crippen molar-refractivity contribution in [2.45, 2.75) is 63.3 Å². The number of Topliss-reactive ketones (excluding diaryl/α,β-unsaturated/α-hetero) is 1. The first kappa shape index (κ1) is 21.2. The average Bonchev–Trinajstić information content (AvgIpc) is 3.15. The molecule has 0 saturated heterocycles. The number of nitrogens with zero attached hydrogens (tertiary/aromatic N) is 4. The highest BCUT2D eigenvalue weighted by Crippen LogP contribution is 2.27. The number of hydrogen-bond acceptors (Lipinski definition) is 5. The van der Waals surface area contributed by atoms with Gasteiger partial charge in [0.05, 0.1) is 10.9 Å². The largest absolute Gasteiger partial charge is 0.293 e. The molecule has 5 nitrogen and oxygen atoms in total. The standard InChI is InChI=1S/C23H28N4OS/c1-15(2)17-9-13-20(14-10-17)27-22(24-25-26-27)29-16(3)21(28)18-7-11-19(12-8-18)23(4,5)6/h7-16H,1-6H3/t16-/m1/s1. The van der Waals surface area contributed by atoms with Crippen LogP contribution in [-0.2, 0) is 5.41 Å². The van der Waals surface area contributed by atoms with Crippen molar-refractivity contribution in [3.8, 4) is 5.69 Å². The fraction of sp³-hybridized carbons (Fsp3) is 0.391. The van der Waals surface area contributed by atoms with Gasteiger partial charge in [0, 0.05) is 5.56 Å². The van der Waals surface area contributed by atoms with Gasteiger partial charge in [0.1, 0.15) is 0 Å². The second kappa shape index (κ2) is 8.49. The number of rotatable bonds is 6. The highest BCUT2D eigenvalue weighted by molar-refractivity contribution is 8.00. The Labute approximate surface area is 176 Å². The minimum absolute atomic E-state index is 0.0646. The monoisotopic (exact) mass is 408 g/mol. The lowest BCUT2D eigenvalue weighted by Gasteiger charge is -2.19. The van der Waals surface area contributed by atoms with Gasteiger partial charge in [0.15, 0.2) is 5.78 Å². The van der Waals surface area contributed by atoms with E-state index in [0.717, 1.165) is 5.69 Å². The SMILES string of the molecule is CC(C)c1ccc(-n2nnnc2S[C@H](C)C(=O)c2ccc(C(C)(C)C)cc2)cc1. The molecule has 0 radical (unpaired) electrons. The van der Waals surface area contributed by atoms with Crippen LogP contribution >= 0.6 is 11.8 Å². The fourth-order valence-corrected chi connectivity index (χ4v) is 3.88. The summed E-state index contributed by atoms with van der Waals surface area (Å²) in [6, 6.07) is 16.1. The molecule has 0 amide bonds. The van der Waals surface area contributed by atoms with Crippen molar-refractivity contribution < 1.29 is 4.79 Å². The Morgan fingerprint density at radius 1 is 0.966 bits per heavy atom. The molecule has 6 heteroatoms. The Balaban J connectivity index is 1.75. The van der Waals surface area contributed by atoms with E-state index >= 15 is 0 Å². The molecule has 0 unspecified atom stereocenters. The lowest BCUT2D eigenvalue weighted by molar-refractivity contribution is 0.0994. The molecule has 0 spiro atoms. The van der Waals surface area contributed by atoms with Crippen molar-refractivity contribution in [2.75, 3.05) is 0 Å². The topological polar surface area (TPSA) is 60.7 Å². The van der Waals surface area contributed by atoms with Crippen LogP contribution in [0.4, 0.5) is 0 Å². The van der Waals surface area contributed by atoms with E-state index in [2.05, 4.69) is 62.3 Å². The van der Waals surface area contributed by atoms with Gasteiger partial charge in [-0.2, -0.15) is 4.68 Å². The second-order valence-corrected chi connectivity index (χ2v) is 9.88. The zero-order valence-electron chi connectivity index (χ0n) is 17.9. The van der Waals surface area contributed by atoms with Gasteiger partial charge < -0.3 is 0 Å². The van der Waals surface area contributed by atoms with Gasteiger partial charge in [0.25, 0.3) is 0 Å². The van der Waals surface area contributed by atoms with Gasteiger partial charge >= 0.3 is 0 Å². The summed E-state index contributed by atoms with van der Waals surface area (Å²) in [5, 5.41) is 12.4. The van der Waals surface area contributed by atoms with Crippen LogP contribution in [0.3, 0.4) is 0 Å². The summed E-state index contributed by atoms with van der Waals surface area (Å²) in [6.45, 7) is 12.7. The zero-order chi connectivity index (χ0) is 21.2. The van der Waals surface area contributed by atoms with Crippen LogP contribution in [0, 0.1) is 0 Å². The third-order valence-electron chi connectivity index (χ3n) is 4.93. The Morgan fingerprint density at radius 2 is 1.59 bits per heavy atom. The first-order chi connectivity index (χ1) is 13.7. The smallest absolute Gasteiger partial charge is 0.214 e. The van der Waals surface area contributed by atoms with Crippen LogP contribution in [0.5, 0.6) is 0 Å². The van der Waals surface area contributed by atoms with Crippen LogP contribution in [0.1, 0.15) is 68.9 Å². The maximum atomic E-state index is 12.9. The van der Waals surface area contributed by atoms with E-state index in [4.69, 9.17) is 0 Å². The van der Waals surface area contributed by atoms with Crippen molar-refractivity contribution >= 4 is 17.5 Å². The molecule has 0 saturated carbocycles. The molecule has 3 aromatic rings. The van der Waals surface area contributed by atoms with Gasteiger partial charge in [-0.1, -0.05) is 82.8 Å².